The van der Waals surface area contributed by atoms with Crippen LogP contribution in [-0.4, -0.2) is 33.8 Å². The van der Waals surface area contributed by atoms with Gasteiger partial charge in [-0.3, -0.25) is 0 Å². The Bertz CT molecular complexity index is 328. The summed E-state index contributed by atoms with van der Waals surface area (Å²) in [7, 11) is 0. The summed E-state index contributed by atoms with van der Waals surface area (Å²) >= 11 is 0. The molecule has 0 aliphatic rings. The standard InChI is InChI=1S/C11H20N4O/c1-7(2)10-4-11(15-6-14-10)13-5-9(12)8(3)16/h4,6-9,16H,5,12H2,1-3H3,(H,13,14,15). The van der Waals surface area contributed by atoms with Gasteiger partial charge in [-0.25, -0.2) is 9.97 Å². The number of nitrogens with one attached hydrogen (secondary N) is 1. The first-order valence-electron chi connectivity index (χ1n) is 5.50. The third-order valence-corrected chi connectivity index (χ3v) is 2.42. The minimum atomic E-state index is -0.529. The van der Waals surface area contributed by atoms with Crippen LogP contribution in [0.4, 0.5) is 5.82 Å². The maximum Gasteiger partial charge on any atom is 0.129 e. The summed E-state index contributed by atoms with van der Waals surface area (Å²) in [5.74, 6) is 1.11. The molecule has 0 aliphatic carbocycles. The summed E-state index contributed by atoms with van der Waals surface area (Å²) in [5, 5.41) is 12.3. The number of hydrogen-bond acceptors (Lipinski definition) is 5. The van der Waals surface area contributed by atoms with Crippen LogP contribution in [0.25, 0.3) is 0 Å². The number of rotatable bonds is 5. The summed E-state index contributed by atoms with van der Waals surface area (Å²) in [6, 6.07) is 1.61. The second kappa shape index (κ2) is 5.77. The van der Waals surface area contributed by atoms with Crippen LogP contribution in [0.2, 0.25) is 0 Å². The van der Waals surface area contributed by atoms with Crippen molar-refractivity contribution in [3.63, 3.8) is 0 Å². The van der Waals surface area contributed by atoms with Crippen molar-refractivity contribution in [2.24, 2.45) is 5.73 Å². The molecule has 0 amide bonds. The largest absolute Gasteiger partial charge is 0.392 e. The Morgan fingerprint density at radius 3 is 2.62 bits per heavy atom. The predicted octanol–water partition coefficient (Wildman–Crippen LogP) is 0.720. The van der Waals surface area contributed by atoms with Crippen molar-refractivity contribution in [1.82, 2.24) is 9.97 Å². The van der Waals surface area contributed by atoms with E-state index in [0.717, 1.165) is 11.5 Å². The first-order valence-corrected chi connectivity index (χ1v) is 5.50. The van der Waals surface area contributed by atoms with Crippen molar-refractivity contribution in [1.29, 1.82) is 0 Å². The fraction of sp³-hybridized carbons (Fsp3) is 0.636. The SMILES string of the molecule is CC(C)c1cc(NCC(N)C(C)O)ncn1. The predicted molar refractivity (Wildman–Crippen MR) is 64.3 cm³/mol. The first kappa shape index (κ1) is 12.9. The summed E-state index contributed by atoms with van der Waals surface area (Å²) in [6.07, 6.45) is 1.00. The third kappa shape index (κ3) is 3.75. The summed E-state index contributed by atoms with van der Waals surface area (Å²) < 4.78 is 0. The van der Waals surface area contributed by atoms with Crippen LogP contribution < -0.4 is 11.1 Å². The second-order valence-electron chi connectivity index (χ2n) is 4.27. The molecule has 1 aromatic heterocycles. The van der Waals surface area contributed by atoms with Crippen LogP contribution in [-0.2, 0) is 0 Å². The average Bonchev–Trinajstić information content (AvgIpc) is 2.26. The molecule has 1 aromatic rings. The highest BCUT2D eigenvalue weighted by Gasteiger charge is 2.09. The Morgan fingerprint density at radius 1 is 1.38 bits per heavy atom. The van der Waals surface area contributed by atoms with Crippen molar-refractivity contribution in [3.8, 4) is 0 Å². The Morgan fingerprint density at radius 2 is 2.06 bits per heavy atom. The highest BCUT2D eigenvalue weighted by molar-refractivity contribution is 5.35. The van der Waals surface area contributed by atoms with Gasteiger partial charge >= 0.3 is 0 Å². The molecule has 90 valence electrons. The van der Waals surface area contributed by atoms with E-state index >= 15 is 0 Å². The van der Waals surface area contributed by atoms with Crippen LogP contribution in [0, 0.1) is 0 Å². The maximum atomic E-state index is 9.24. The van der Waals surface area contributed by atoms with Gasteiger partial charge in [0.15, 0.2) is 0 Å². The molecule has 5 nitrogen and oxygen atoms in total. The van der Waals surface area contributed by atoms with Crippen LogP contribution >= 0.6 is 0 Å². The molecule has 0 spiro atoms. The van der Waals surface area contributed by atoms with Gasteiger partial charge in [0.1, 0.15) is 12.1 Å². The lowest BCUT2D eigenvalue weighted by Gasteiger charge is -2.16. The minimum absolute atomic E-state index is 0.294. The summed E-state index contributed by atoms with van der Waals surface area (Å²) in [4.78, 5) is 8.26. The van der Waals surface area contributed by atoms with Crippen LogP contribution in [0.15, 0.2) is 12.4 Å². The smallest absolute Gasteiger partial charge is 0.129 e. The molecule has 0 saturated carbocycles. The molecule has 0 saturated heterocycles. The number of aromatic nitrogens is 2. The van der Waals surface area contributed by atoms with E-state index in [4.69, 9.17) is 5.73 Å². The fourth-order valence-electron chi connectivity index (χ4n) is 1.18. The molecule has 0 bridgehead atoms. The number of anilines is 1. The number of nitrogens with two attached hydrogens (primary N) is 1. The molecule has 1 heterocycles. The molecule has 5 heteroatoms. The Labute approximate surface area is 96.1 Å². The van der Waals surface area contributed by atoms with Gasteiger partial charge in [-0.05, 0) is 12.8 Å². The van der Waals surface area contributed by atoms with Crippen molar-refractivity contribution < 1.29 is 5.11 Å². The van der Waals surface area contributed by atoms with E-state index in [1.807, 2.05) is 6.07 Å². The van der Waals surface area contributed by atoms with Crippen LogP contribution in [0.5, 0.6) is 0 Å². The van der Waals surface area contributed by atoms with E-state index in [-0.39, 0.29) is 6.04 Å². The molecule has 1 rings (SSSR count). The Kier molecular flexibility index (Phi) is 4.64. The Hall–Kier alpha value is -1.20. The van der Waals surface area contributed by atoms with Gasteiger partial charge in [0.25, 0.3) is 0 Å². The summed E-state index contributed by atoms with van der Waals surface area (Å²) in [5.41, 5.74) is 6.70. The molecular weight excluding hydrogens is 204 g/mol. The fourth-order valence-corrected chi connectivity index (χ4v) is 1.18. The normalized spacial score (nSPS) is 14.9. The van der Waals surface area contributed by atoms with E-state index in [9.17, 15) is 5.11 Å². The van der Waals surface area contributed by atoms with Crippen molar-refractivity contribution in [3.05, 3.63) is 18.1 Å². The topological polar surface area (TPSA) is 84.1 Å². The summed E-state index contributed by atoms with van der Waals surface area (Å²) in [6.45, 7) is 6.32. The van der Waals surface area contributed by atoms with Crippen LogP contribution in [0.3, 0.4) is 0 Å². The van der Waals surface area contributed by atoms with Gasteiger partial charge in [0.05, 0.1) is 6.10 Å². The molecule has 2 atom stereocenters. The molecular formula is C11H20N4O. The maximum absolute atomic E-state index is 9.24. The second-order valence-corrected chi connectivity index (χ2v) is 4.27. The molecule has 0 aliphatic heterocycles. The number of aliphatic hydroxyl groups is 1. The monoisotopic (exact) mass is 224 g/mol. The molecule has 0 radical (unpaired) electrons. The van der Waals surface area contributed by atoms with Gasteiger partial charge in [-0.15, -0.1) is 0 Å². The van der Waals surface area contributed by atoms with E-state index in [1.54, 1.807) is 6.92 Å². The molecule has 0 fully saturated rings. The van der Waals surface area contributed by atoms with Gasteiger partial charge in [0, 0.05) is 24.3 Å². The van der Waals surface area contributed by atoms with Crippen molar-refractivity contribution in [2.45, 2.75) is 38.8 Å². The first-order chi connectivity index (χ1) is 7.50. The quantitative estimate of drug-likeness (QED) is 0.686. The van der Waals surface area contributed by atoms with Gasteiger partial charge < -0.3 is 16.2 Å². The molecule has 0 aromatic carbocycles. The number of nitrogens with zero attached hydrogens (tertiary/aromatic N) is 2. The van der Waals surface area contributed by atoms with Crippen LogP contribution in [0.1, 0.15) is 32.4 Å². The zero-order chi connectivity index (χ0) is 12.1. The lowest BCUT2D eigenvalue weighted by Crippen LogP contribution is -2.38. The molecule has 2 unspecified atom stereocenters. The average molecular weight is 224 g/mol. The van der Waals surface area contributed by atoms with Crippen molar-refractivity contribution >= 4 is 5.82 Å². The highest BCUT2D eigenvalue weighted by atomic mass is 16.3. The van der Waals surface area contributed by atoms with Gasteiger partial charge in [-0.2, -0.15) is 0 Å². The van der Waals surface area contributed by atoms with E-state index in [2.05, 4.69) is 29.1 Å². The van der Waals surface area contributed by atoms with E-state index in [1.165, 1.54) is 6.33 Å². The molecule has 4 N–H and O–H groups in total. The van der Waals surface area contributed by atoms with Crippen molar-refractivity contribution in [2.75, 3.05) is 11.9 Å². The zero-order valence-corrected chi connectivity index (χ0v) is 10.0. The lowest BCUT2D eigenvalue weighted by atomic mass is 10.1. The Balaban J connectivity index is 2.57. The number of aliphatic hydroxyl groups excluding tert-OH is 1. The van der Waals surface area contributed by atoms with E-state index < -0.39 is 6.10 Å². The van der Waals surface area contributed by atoms with Gasteiger partial charge in [-0.1, -0.05) is 13.8 Å². The third-order valence-electron chi connectivity index (χ3n) is 2.42. The highest BCUT2D eigenvalue weighted by Crippen LogP contribution is 2.13. The lowest BCUT2D eigenvalue weighted by molar-refractivity contribution is 0.168. The zero-order valence-electron chi connectivity index (χ0n) is 10.0. The number of hydrogen-bond donors (Lipinski definition) is 3. The minimum Gasteiger partial charge on any atom is -0.392 e. The van der Waals surface area contributed by atoms with E-state index in [0.29, 0.717) is 12.5 Å². The van der Waals surface area contributed by atoms with Gasteiger partial charge in [0.2, 0.25) is 0 Å². The molecule has 16 heavy (non-hydrogen) atoms.